The highest BCUT2D eigenvalue weighted by molar-refractivity contribution is 5.27. The van der Waals surface area contributed by atoms with Gasteiger partial charge >= 0.3 is 0 Å². The molecule has 0 radical (unpaired) electrons. The first-order valence-corrected chi connectivity index (χ1v) is 11.1. The average molecular weight is 381 g/mol. The summed E-state index contributed by atoms with van der Waals surface area (Å²) < 4.78 is 0. The quantitative estimate of drug-likeness (QED) is 0.621. The molecule has 3 rings (SSSR count). The normalized spacial score (nSPS) is 27.7. The van der Waals surface area contributed by atoms with E-state index in [1.54, 1.807) is 0 Å². The Hall–Kier alpha value is -1.64. The highest BCUT2D eigenvalue weighted by Crippen LogP contribution is 2.41. The number of unbranched alkanes of at least 4 members (excludes halogenated alkanes) is 3. The van der Waals surface area contributed by atoms with Crippen molar-refractivity contribution in [2.45, 2.75) is 83.9 Å². The van der Waals surface area contributed by atoms with Crippen LogP contribution in [0, 0.1) is 19.8 Å². The van der Waals surface area contributed by atoms with E-state index in [1.807, 2.05) is 0 Å². The topological polar surface area (TPSA) is 36.8 Å². The van der Waals surface area contributed by atoms with E-state index < -0.39 is 5.60 Å². The molecule has 0 bridgehead atoms. The van der Waals surface area contributed by atoms with Crippen molar-refractivity contribution >= 4 is 0 Å². The molecule has 2 aromatic carbocycles. The minimum atomic E-state index is -0.604. The summed E-state index contributed by atoms with van der Waals surface area (Å²) in [5, 5.41) is 14.3. The lowest BCUT2D eigenvalue weighted by Crippen LogP contribution is -2.91. The van der Waals surface area contributed by atoms with Crippen LogP contribution in [-0.4, -0.2) is 10.7 Å². The fraction of sp³-hybridized carbons (Fsp3) is 0.538. The number of nitrogens with two attached hydrogens (primary N) is 1. The van der Waals surface area contributed by atoms with Crippen LogP contribution in [0.4, 0.5) is 0 Å². The fourth-order valence-corrected chi connectivity index (χ4v) is 4.80. The number of benzene rings is 2. The van der Waals surface area contributed by atoms with Gasteiger partial charge in [0.25, 0.3) is 0 Å². The Balaban J connectivity index is 1.87. The van der Waals surface area contributed by atoms with Gasteiger partial charge in [0, 0.05) is 23.5 Å². The Bertz CT molecular complexity index is 736. The van der Waals surface area contributed by atoms with Crippen LogP contribution in [0.3, 0.4) is 0 Å². The van der Waals surface area contributed by atoms with Gasteiger partial charge < -0.3 is 10.4 Å². The van der Waals surface area contributed by atoms with Crippen molar-refractivity contribution in [3.8, 4) is 0 Å². The predicted molar refractivity (Wildman–Crippen MR) is 117 cm³/mol. The van der Waals surface area contributed by atoms with Gasteiger partial charge in [-0.05, 0) is 20.3 Å². The van der Waals surface area contributed by atoms with Crippen LogP contribution >= 0.6 is 0 Å². The van der Waals surface area contributed by atoms with E-state index in [1.165, 1.54) is 41.5 Å². The lowest BCUT2D eigenvalue weighted by molar-refractivity contribution is -0.756. The number of quaternary nitrogens is 1. The van der Waals surface area contributed by atoms with Gasteiger partial charge in [-0.1, -0.05) is 99.2 Å². The van der Waals surface area contributed by atoms with Gasteiger partial charge in [-0.2, -0.15) is 0 Å². The predicted octanol–water partition coefficient (Wildman–Crippen LogP) is 5.39. The summed E-state index contributed by atoms with van der Waals surface area (Å²) in [6, 6.07) is 18.4. The molecule has 1 saturated heterocycles. The standard InChI is InChI=1S/C26H37NO/c1-5-6-7-8-17-26(28)18-24(22-13-9-19(2)10-14-22)27-25(21(26)4)23-15-11-20(3)12-16-23/h9-16,21,24-25,27-28H,5-8,17-18H2,1-4H3/p+1/t21-,24-,25-,26+/m0/s1. The summed E-state index contributed by atoms with van der Waals surface area (Å²) in [7, 11) is 0. The summed E-state index contributed by atoms with van der Waals surface area (Å²) in [6.45, 7) is 8.77. The molecule has 3 N–H and O–H groups in total. The molecule has 0 saturated carbocycles. The largest absolute Gasteiger partial charge is 0.389 e. The van der Waals surface area contributed by atoms with E-state index in [0.29, 0.717) is 6.04 Å². The third kappa shape index (κ3) is 4.85. The summed E-state index contributed by atoms with van der Waals surface area (Å²) in [5.74, 6) is 0.235. The van der Waals surface area contributed by atoms with Crippen LogP contribution in [0.25, 0.3) is 0 Å². The van der Waals surface area contributed by atoms with Crippen molar-refractivity contribution in [1.29, 1.82) is 0 Å². The third-order valence-corrected chi connectivity index (χ3v) is 6.83. The van der Waals surface area contributed by atoms with Gasteiger partial charge in [0.15, 0.2) is 0 Å². The van der Waals surface area contributed by atoms with Gasteiger partial charge in [0.2, 0.25) is 0 Å². The molecule has 1 aliphatic rings. The zero-order valence-electron chi connectivity index (χ0n) is 18.1. The first-order valence-electron chi connectivity index (χ1n) is 11.1. The van der Waals surface area contributed by atoms with E-state index in [0.717, 1.165) is 19.3 Å². The van der Waals surface area contributed by atoms with Crippen LogP contribution in [0.1, 0.15) is 86.7 Å². The number of rotatable bonds is 7. The minimum Gasteiger partial charge on any atom is -0.389 e. The summed E-state index contributed by atoms with van der Waals surface area (Å²) in [6.07, 6.45) is 6.59. The Morgan fingerprint density at radius 3 is 2.04 bits per heavy atom. The second-order valence-electron chi connectivity index (χ2n) is 9.05. The number of hydrogen-bond donors (Lipinski definition) is 2. The van der Waals surface area contributed by atoms with Crippen molar-refractivity contribution in [2.24, 2.45) is 5.92 Å². The fourth-order valence-electron chi connectivity index (χ4n) is 4.80. The number of aliphatic hydroxyl groups is 1. The van der Waals surface area contributed by atoms with Crippen molar-refractivity contribution in [1.82, 2.24) is 0 Å². The molecule has 2 nitrogen and oxygen atoms in total. The third-order valence-electron chi connectivity index (χ3n) is 6.83. The zero-order chi connectivity index (χ0) is 20.1. The van der Waals surface area contributed by atoms with E-state index in [9.17, 15) is 5.11 Å². The highest BCUT2D eigenvalue weighted by atomic mass is 16.3. The molecule has 4 atom stereocenters. The molecule has 1 heterocycles. The first-order chi connectivity index (χ1) is 13.4. The molecule has 0 amide bonds. The van der Waals surface area contributed by atoms with E-state index in [4.69, 9.17) is 0 Å². The summed E-state index contributed by atoms with van der Waals surface area (Å²) in [5.41, 5.74) is 4.64. The Morgan fingerprint density at radius 2 is 1.46 bits per heavy atom. The van der Waals surface area contributed by atoms with Crippen LogP contribution in [-0.2, 0) is 0 Å². The van der Waals surface area contributed by atoms with Crippen molar-refractivity contribution in [3.05, 3.63) is 70.8 Å². The van der Waals surface area contributed by atoms with Crippen LogP contribution in [0.5, 0.6) is 0 Å². The van der Waals surface area contributed by atoms with E-state index in [2.05, 4.69) is 81.5 Å². The first kappa shape index (κ1) is 21.1. The molecule has 1 fully saturated rings. The van der Waals surface area contributed by atoms with Crippen LogP contribution in [0.15, 0.2) is 48.5 Å². The maximum Gasteiger partial charge on any atom is 0.117 e. The van der Waals surface area contributed by atoms with Gasteiger partial charge in [0.1, 0.15) is 12.1 Å². The zero-order valence-corrected chi connectivity index (χ0v) is 18.1. The van der Waals surface area contributed by atoms with Crippen LogP contribution < -0.4 is 5.32 Å². The molecule has 2 heteroatoms. The molecular formula is C26H38NO+. The minimum absolute atomic E-state index is 0.235. The molecule has 0 spiro atoms. The highest BCUT2D eigenvalue weighted by Gasteiger charge is 2.48. The maximum absolute atomic E-state index is 11.8. The SMILES string of the molecule is CCCCCC[C@@]1(O)C[C@@H](c2ccc(C)cc2)[NH2+][C@H](c2ccc(C)cc2)[C@@H]1C. The number of piperidine rings is 1. The smallest absolute Gasteiger partial charge is 0.117 e. The maximum atomic E-state index is 11.8. The van der Waals surface area contributed by atoms with Crippen LogP contribution in [0.2, 0.25) is 0 Å². The number of hydrogen-bond acceptors (Lipinski definition) is 1. The van der Waals surface area contributed by atoms with Gasteiger partial charge in [0.05, 0.1) is 5.60 Å². The molecule has 2 aromatic rings. The second-order valence-corrected chi connectivity index (χ2v) is 9.05. The molecule has 1 aliphatic heterocycles. The lowest BCUT2D eigenvalue weighted by Gasteiger charge is -2.45. The van der Waals surface area contributed by atoms with Crippen molar-refractivity contribution < 1.29 is 10.4 Å². The monoisotopic (exact) mass is 380 g/mol. The van der Waals surface area contributed by atoms with Crippen molar-refractivity contribution in [3.63, 3.8) is 0 Å². The Kier molecular flexibility index (Phi) is 6.95. The van der Waals surface area contributed by atoms with E-state index in [-0.39, 0.29) is 12.0 Å². The second kappa shape index (κ2) is 9.24. The Morgan fingerprint density at radius 1 is 0.893 bits per heavy atom. The molecule has 28 heavy (non-hydrogen) atoms. The Labute approximate surface area is 171 Å². The van der Waals surface area contributed by atoms with Gasteiger partial charge in [-0.15, -0.1) is 0 Å². The molecule has 0 aliphatic carbocycles. The van der Waals surface area contributed by atoms with Gasteiger partial charge in [-0.3, -0.25) is 0 Å². The van der Waals surface area contributed by atoms with Gasteiger partial charge in [-0.25, -0.2) is 0 Å². The summed E-state index contributed by atoms with van der Waals surface area (Å²) >= 11 is 0. The molecule has 152 valence electrons. The summed E-state index contributed by atoms with van der Waals surface area (Å²) in [4.78, 5) is 0. The van der Waals surface area contributed by atoms with E-state index >= 15 is 0 Å². The number of aryl methyl sites for hydroxylation is 2. The molecule has 0 aromatic heterocycles. The van der Waals surface area contributed by atoms with Crippen molar-refractivity contribution in [2.75, 3.05) is 0 Å². The lowest BCUT2D eigenvalue weighted by atomic mass is 9.70. The molecule has 0 unspecified atom stereocenters. The molecular weight excluding hydrogens is 342 g/mol. The average Bonchev–Trinajstić information content (AvgIpc) is 2.69.